The highest BCUT2D eigenvalue weighted by Crippen LogP contribution is 2.32. The van der Waals surface area contributed by atoms with E-state index in [4.69, 9.17) is 5.11 Å². The van der Waals surface area contributed by atoms with Crippen LogP contribution in [-0.2, 0) is 22.2 Å². The molecule has 0 fully saturated rings. The number of carbonyl (C=O) groups excluding carboxylic acids is 1. The lowest BCUT2D eigenvalue weighted by molar-refractivity contribution is -0.141. The van der Waals surface area contributed by atoms with Gasteiger partial charge in [0.05, 0.1) is 5.56 Å². The second-order valence-corrected chi connectivity index (χ2v) is 4.07. The molecule has 0 aliphatic rings. The van der Waals surface area contributed by atoms with Gasteiger partial charge in [-0.3, -0.25) is 4.79 Å². The number of hydrogen-bond donors (Lipinski definition) is 2. The summed E-state index contributed by atoms with van der Waals surface area (Å²) in [7, 11) is 0. The van der Waals surface area contributed by atoms with Crippen LogP contribution in [0.4, 0.5) is 17.6 Å². The van der Waals surface area contributed by atoms with Crippen molar-refractivity contribution in [2.75, 3.05) is 0 Å². The van der Waals surface area contributed by atoms with E-state index in [0.29, 0.717) is 6.07 Å². The lowest BCUT2D eigenvalue weighted by Crippen LogP contribution is -2.41. The predicted octanol–water partition coefficient (Wildman–Crippen LogP) is 1.98. The number of nitrogens with one attached hydrogen (secondary N) is 1. The first-order valence-electron chi connectivity index (χ1n) is 5.47. The molecule has 1 amide bonds. The van der Waals surface area contributed by atoms with Crippen LogP contribution in [0, 0.1) is 5.82 Å². The van der Waals surface area contributed by atoms with Gasteiger partial charge in [0.1, 0.15) is 11.9 Å². The lowest BCUT2D eigenvalue weighted by atomic mass is 10.0. The van der Waals surface area contributed by atoms with Crippen LogP contribution in [0.1, 0.15) is 18.1 Å². The number of alkyl halides is 3. The number of rotatable bonds is 4. The molecular weight excluding hydrogens is 282 g/mol. The first-order chi connectivity index (χ1) is 9.12. The summed E-state index contributed by atoms with van der Waals surface area (Å²) in [5.41, 5.74) is -1.90. The zero-order valence-corrected chi connectivity index (χ0v) is 10.3. The molecule has 4 nitrogen and oxygen atoms in total. The van der Waals surface area contributed by atoms with Crippen LogP contribution in [0.3, 0.4) is 0 Å². The molecule has 1 atom stereocenters. The highest BCUT2D eigenvalue weighted by atomic mass is 19.4. The van der Waals surface area contributed by atoms with Gasteiger partial charge in [-0.1, -0.05) is 12.1 Å². The largest absolute Gasteiger partial charge is 0.480 e. The molecule has 1 aromatic rings. The summed E-state index contributed by atoms with van der Waals surface area (Å²) in [6.07, 6.45) is -5.45. The summed E-state index contributed by atoms with van der Waals surface area (Å²) in [6, 6.07) is 1.09. The summed E-state index contributed by atoms with van der Waals surface area (Å²) < 4.78 is 51.2. The van der Waals surface area contributed by atoms with Crippen LogP contribution in [0.15, 0.2) is 18.2 Å². The Morgan fingerprint density at radius 1 is 1.35 bits per heavy atom. The first-order valence-corrected chi connectivity index (χ1v) is 5.47. The van der Waals surface area contributed by atoms with Crippen molar-refractivity contribution >= 4 is 11.9 Å². The Morgan fingerprint density at radius 2 is 1.95 bits per heavy atom. The summed E-state index contributed by atoms with van der Waals surface area (Å²) in [4.78, 5) is 21.7. The summed E-state index contributed by atoms with van der Waals surface area (Å²) in [5.74, 6) is -3.67. The zero-order valence-electron chi connectivity index (χ0n) is 10.3. The van der Waals surface area contributed by atoms with Gasteiger partial charge in [-0.25, -0.2) is 9.18 Å². The summed E-state index contributed by atoms with van der Waals surface area (Å²) in [6.45, 7) is 1.05. The van der Waals surface area contributed by atoms with Crippen LogP contribution in [0.2, 0.25) is 0 Å². The molecule has 110 valence electrons. The van der Waals surface area contributed by atoms with E-state index in [2.05, 4.69) is 0 Å². The lowest BCUT2D eigenvalue weighted by Gasteiger charge is -2.15. The molecule has 0 bridgehead atoms. The molecule has 0 saturated carbocycles. The van der Waals surface area contributed by atoms with Crippen LogP contribution in [-0.4, -0.2) is 23.0 Å². The van der Waals surface area contributed by atoms with Gasteiger partial charge in [-0.05, 0) is 11.6 Å². The number of hydrogen-bond acceptors (Lipinski definition) is 2. The maximum atomic E-state index is 13.7. The Balaban J connectivity index is 3.08. The maximum Gasteiger partial charge on any atom is 0.419 e. The van der Waals surface area contributed by atoms with E-state index >= 15 is 0 Å². The number of carboxylic acid groups (broad SMARTS) is 1. The monoisotopic (exact) mass is 293 g/mol. The van der Waals surface area contributed by atoms with Crippen LogP contribution >= 0.6 is 0 Å². The molecule has 0 aliphatic heterocycles. The highest BCUT2D eigenvalue weighted by Gasteiger charge is 2.35. The highest BCUT2D eigenvalue weighted by molar-refractivity contribution is 5.82. The maximum absolute atomic E-state index is 13.7. The number of carboxylic acids is 1. The van der Waals surface area contributed by atoms with E-state index in [-0.39, 0.29) is 0 Å². The average molecular weight is 293 g/mol. The first kappa shape index (κ1) is 15.9. The second-order valence-electron chi connectivity index (χ2n) is 4.07. The van der Waals surface area contributed by atoms with Crippen molar-refractivity contribution in [2.24, 2.45) is 0 Å². The van der Waals surface area contributed by atoms with Crippen molar-refractivity contribution in [3.05, 3.63) is 35.1 Å². The van der Waals surface area contributed by atoms with E-state index < -0.39 is 47.5 Å². The Kier molecular flexibility index (Phi) is 4.69. The molecule has 8 heteroatoms. The van der Waals surface area contributed by atoms with Gasteiger partial charge in [0.25, 0.3) is 0 Å². The molecule has 0 spiro atoms. The third kappa shape index (κ3) is 3.94. The molecule has 0 heterocycles. The Hall–Kier alpha value is -2.12. The molecule has 0 aliphatic carbocycles. The number of benzene rings is 1. The van der Waals surface area contributed by atoms with E-state index in [1.54, 1.807) is 0 Å². The Bertz CT molecular complexity index is 528. The summed E-state index contributed by atoms with van der Waals surface area (Å²) >= 11 is 0. The molecule has 20 heavy (non-hydrogen) atoms. The molecule has 1 unspecified atom stereocenters. The van der Waals surface area contributed by atoms with E-state index in [9.17, 15) is 27.2 Å². The summed E-state index contributed by atoms with van der Waals surface area (Å²) in [5, 5.41) is 10.9. The fraction of sp³-hybridized carbons (Fsp3) is 0.333. The van der Waals surface area contributed by atoms with Crippen molar-refractivity contribution < 1.29 is 32.3 Å². The fourth-order valence-corrected chi connectivity index (χ4v) is 1.62. The smallest absolute Gasteiger partial charge is 0.419 e. The van der Waals surface area contributed by atoms with Crippen molar-refractivity contribution in [1.29, 1.82) is 0 Å². The van der Waals surface area contributed by atoms with Gasteiger partial charge in [-0.15, -0.1) is 0 Å². The normalized spacial score (nSPS) is 12.8. The van der Waals surface area contributed by atoms with E-state index in [1.807, 2.05) is 5.32 Å². The molecule has 0 saturated heterocycles. The Morgan fingerprint density at radius 3 is 2.40 bits per heavy atom. The van der Waals surface area contributed by atoms with Crippen LogP contribution in [0.5, 0.6) is 0 Å². The predicted molar refractivity (Wildman–Crippen MR) is 60.3 cm³/mol. The molecular formula is C12H11F4NO3. The van der Waals surface area contributed by atoms with Gasteiger partial charge in [0.2, 0.25) is 5.91 Å². The van der Waals surface area contributed by atoms with Crippen molar-refractivity contribution in [2.45, 2.75) is 25.6 Å². The molecule has 0 aromatic heterocycles. The minimum absolute atomic E-state index is 0.430. The quantitative estimate of drug-likeness (QED) is 0.834. The van der Waals surface area contributed by atoms with Crippen molar-refractivity contribution in [3.8, 4) is 0 Å². The van der Waals surface area contributed by atoms with Gasteiger partial charge in [0.15, 0.2) is 0 Å². The van der Waals surface area contributed by atoms with E-state index in [1.165, 1.54) is 0 Å². The molecule has 1 aromatic carbocycles. The average Bonchev–Trinajstić information content (AvgIpc) is 2.28. The van der Waals surface area contributed by atoms with E-state index in [0.717, 1.165) is 19.1 Å². The topological polar surface area (TPSA) is 66.4 Å². The molecule has 0 radical (unpaired) electrons. The van der Waals surface area contributed by atoms with Crippen LogP contribution < -0.4 is 5.32 Å². The Labute approximate surface area is 111 Å². The molecule has 1 rings (SSSR count). The van der Waals surface area contributed by atoms with Gasteiger partial charge in [0, 0.05) is 13.3 Å². The molecule has 2 N–H and O–H groups in total. The van der Waals surface area contributed by atoms with Crippen molar-refractivity contribution in [1.82, 2.24) is 5.32 Å². The second kappa shape index (κ2) is 5.89. The number of aliphatic carboxylic acids is 1. The minimum atomic E-state index is -4.87. The van der Waals surface area contributed by atoms with Gasteiger partial charge < -0.3 is 10.4 Å². The van der Waals surface area contributed by atoms with Crippen molar-refractivity contribution in [3.63, 3.8) is 0 Å². The number of carbonyl (C=O) groups is 2. The number of amides is 1. The third-order valence-electron chi connectivity index (χ3n) is 2.48. The zero-order chi connectivity index (χ0) is 15.5. The van der Waals surface area contributed by atoms with Crippen LogP contribution in [0.25, 0.3) is 0 Å². The minimum Gasteiger partial charge on any atom is -0.480 e. The standard InChI is InChI=1S/C12H11F4NO3/c1-6(18)17-9(11(19)20)5-7-3-2-4-8(10(7)13)12(14,15)16/h2-4,9H,5H2,1H3,(H,17,18)(H,19,20). The third-order valence-corrected chi connectivity index (χ3v) is 2.48. The fourth-order valence-electron chi connectivity index (χ4n) is 1.62. The number of halogens is 4. The van der Waals surface area contributed by atoms with Gasteiger partial charge >= 0.3 is 12.1 Å². The SMILES string of the molecule is CC(=O)NC(Cc1cccc(C(F)(F)F)c1F)C(=O)O. The van der Waals surface area contributed by atoms with Gasteiger partial charge in [-0.2, -0.15) is 13.2 Å².